The van der Waals surface area contributed by atoms with Gasteiger partial charge in [-0.3, -0.25) is 9.69 Å². The lowest BCUT2D eigenvalue weighted by molar-refractivity contribution is -0.130. The van der Waals surface area contributed by atoms with Crippen LogP contribution in [-0.4, -0.2) is 70.6 Å². The molecule has 2 fully saturated rings. The quantitative estimate of drug-likeness (QED) is 0.908. The zero-order valence-corrected chi connectivity index (χ0v) is 14.2. The number of fused-ring (bicyclic) bond motifs is 1. The van der Waals surface area contributed by atoms with Crippen molar-refractivity contribution in [3.63, 3.8) is 0 Å². The minimum absolute atomic E-state index is 0.207. The molecular formula is C18H25N5O. The molecule has 2 aliphatic heterocycles. The summed E-state index contributed by atoms with van der Waals surface area (Å²) in [6, 6.07) is 8.55. The van der Waals surface area contributed by atoms with Gasteiger partial charge in [-0.1, -0.05) is 12.1 Å². The molecule has 2 saturated heterocycles. The van der Waals surface area contributed by atoms with Crippen molar-refractivity contribution >= 4 is 16.9 Å². The molecule has 1 atom stereocenters. The Labute approximate surface area is 142 Å². The number of benzene rings is 1. The fourth-order valence-corrected chi connectivity index (χ4v) is 3.94. The molecule has 0 aliphatic carbocycles. The Morgan fingerprint density at radius 2 is 2.04 bits per heavy atom. The summed E-state index contributed by atoms with van der Waals surface area (Å²) in [6.07, 6.45) is 1.09. The summed E-state index contributed by atoms with van der Waals surface area (Å²) in [4.78, 5) is 21.9. The van der Waals surface area contributed by atoms with E-state index in [1.807, 2.05) is 40.7 Å². The lowest BCUT2D eigenvalue weighted by Gasteiger charge is -2.32. The molecule has 6 heteroatoms. The highest BCUT2D eigenvalue weighted by atomic mass is 16.2. The van der Waals surface area contributed by atoms with Gasteiger partial charge in [0, 0.05) is 45.3 Å². The predicted octanol–water partition coefficient (Wildman–Crippen LogP) is 0.851. The van der Waals surface area contributed by atoms with Gasteiger partial charge in [-0.05, 0) is 25.5 Å². The first-order valence-electron chi connectivity index (χ1n) is 8.87. The van der Waals surface area contributed by atoms with Gasteiger partial charge in [0.05, 0.1) is 11.0 Å². The number of amides is 1. The van der Waals surface area contributed by atoms with Crippen molar-refractivity contribution in [1.29, 1.82) is 0 Å². The van der Waals surface area contributed by atoms with Crippen molar-refractivity contribution in [3.8, 4) is 0 Å². The summed E-state index contributed by atoms with van der Waals surface area (Å²) in [5.41, 5.74) is 2.00. The van der Waals surface area contributed by atoms with E-state index in [9.17, 15) is 4.79 Å². The molecule has 2 aromatic rings. The van der Waals surface area contributed by atoms with E-state index < -0.39 is 0 Å². The molecule has 24 heavy (non-hydrogen) atoms. The number of rotatable bonds is 3. The number of likely N-dealkylation sites (tertiary alicyclic amines) is 1. The number of para-hydroxylation sites is 2. The zero-order chi connectivity index (χ0) is 16.5. The number of nitrogens with one attached hydrogen (secondary N) is 1. The van der Waals surface area contributed by atoms with E-state index in [1.54, 1.807) is 0 Å². The fraction of sp³-hybridized carbons (Fsp3) is 0.556. The van der Waals surface area contributed by atoms with E-state index in [0.29, 0.717) is 12.6 Å². The second kappa shape index (κ2) is 6.53. The molecule has 0 radical (unpaired) electrons. The Morgan fingerprint density at radius 3 is 2.88 bits per heavy atom. The summed E-state index contributed by atoms with van der Waals surface area (Å²) < 4.78 is 2.04. The minimum Gasteiger partial charge on any atom is -0.340 e. The van der Waals surface area contributed by atoms with Crippen LogP contribution in [0.1, 0.15) is 12.2 Å². The third-order valence-corrected chi connectivity index (χ3v) is 5.32. The van der Waals surface area contributed by atoms with Crippen LogP contribution < -0.4 is 5.32 Å². The molecule has 1 unspecified atom stereocenters. The van der Waals surface area contributed by atoms with E-state index in [-0.39, 0.29) is 5.91 Å². The van der Waals surface area contributed by atoms with Crippen LogP contribution in [0.15, 0.2) is 24.3 Å². The van der Waals surface area contributed by atoms with Gasteiger partial charge in [-0.15, -0.1) is 0 Å². The Morgan fingerprint density at radius 1 is 1.25 bits per heavy atom. The van der Waals surface area contributed by atoms with Crippen molar-refractivity contribution in [2.75, 3.05) is 39.3 Å². The molecule has 1 aromatic carbocycles. The highest BCUT2D eigenvalue weighted by Gasteiger charge is 2.31. The van der Waals surface area contributed by atoms with Crippen LogP contribution in [0.25, 0.3) is 11.0 Å². The second-order valence-electron chi connectivity index (χ2n) is 6.80. The molecule has 2 aliphatic rings. The first kappa shape index (κ1) is 15.6. The number of imidazole rings is 1. The standard InChI is InChI=1S/C18H25N5O/c1-14-20-16-4-2-3-5-17(16)23(14)13-18(24)22-9-6-15(12-22)21-10-7-19-8-11-21/h2-5,15,19H,6-13H2,1H3. The van der Waals surface area contributed by atoms with Crippen molar-refractivity contribution in [2.24, 2.45) is 0 Å². The van der Waals surface area contributed by atoms with Crippen molar-refractivity contribution in [2.45, 2.75) is 25.9 Å². The number of hydrogen-bond acceptors (Lipinski definition) is 4. The Hall–Kier alpha value is -1.92. The molecule has 0 saturated carbocycles. The summed E-state index contributed by atoms with van der Waals surface area (Å²) in [7, 11) is 0. The third kappa shape index (κ3) is 2.91. The van der Waals surface area contributed by atoms with Gasteiger partial charge in [-0.2, -0.15) is 0 Å². The average Bonchev–Trinajstić information content (AvgIpc) is 3.21. The molecule has 6 nitrogen and oxygen atoms in total. The zero-order valence-electron chi connectivity index (χ0n) is 14.2. The van der Waals surface area contributed by atoms with Gasteiger partial charge < -0.3 is 14.8 Å². The fourth-order valence-electron chi connectivity index (χ4n) is 3.94. The highest BCUT2D eigenvalue weighted by Crippen LogP contribution is 2.19. The van der Waals surface area contributed by atoms with Gasteiger partial charge >= 0.3 is 0 Å². The SMILES string of the molecule is Cc1nc2ccccc2n1CC(=O)N1CCC(N2CCNCC2)C1. The van der Waals surface area contributed by atoms with Gasteiger partial charge in [0.1, 0.15) is 12.4 Å². The minimum atomic E-state index is 0.207. The maximum Gasteiger partial charge on any atom is 0.242 e. The number of aryl methyl sites for hydroxylation is 1. The van der Waals surface area contributed by atoms with Crippen LogP contribution in [0.2, 0.25) is 0 Å². The lowest BCUT2D eigenvalue weighted by atomic mass is 10.2. The van der Waals surface area contributed by atoms with Gasteiger partial charge in [0.25, 0.3) is 0 Å². The molecule has 1 amide bonds. The molecule has 128 valence electrons. The maximum absolute atomic E-state index is 12.8. The number of hydrogen-bond donors (Lipinski definition) is 1. The van der Waals surface area contributed by atoms with Gasteiger partial charge in [-0.25, -0.2) is 4.98 Å². The van der Waals surface area contributed by atoms with Crippen LogP contribution in [0.5, 0.6) is 0 Å². The number of piperazine rings is 1. The maximum atomic E-state index is 12.8. The second-order valence-corrected chi connectivity index (χ2v) is 6.80. The van der Waals surface area contributed by atoms with Crippen molar-refractivity contribution in [3.05, 3.63) is 30.1 Å². The van der Waals surface area contributed by atoms with Crippen LogP contribution >= 0.6 is 0 Å². The first-order valence-corrected chi connectivity index (χ1v) is 8.87. The molecule has 1 N–H and O–H groups in total. The average molecular weight is 327 g/mol. The number of aromatic nitrogens is 2. The molecule has 1 aromatic heterocycles. The Kier molecular flexibility index (Phi) is 4.24. The van der Waals surface area contributed by atoms with Crippen LogP contribution in [0, 0.1) is 6.92 Å². The van der Waals surface area contributed by atoms with Crippen LogP contribution in [0.4, 0.5) is 0 Å². The molecule has 3 heterocycles. The summed E-state index contributed by atoms with van der Waals surface area (Å²) in [5, 5.41) is 3.39. The molecule has 0 spiro atoms. The lowest BCUT2D eigenvalue weighted by Crippen LogP contribution is -2.49. The third-order valence-electron chi connectivity index (χ3n) is 5.32. The first-order chi connectivity index (χ1) is 11.7. The Bertz CT molecular complexity index is 734. The van der Waals surface area contributed by atoms with Gasteiger partial charge in [0.2, 0.25) is 5.91 Å². The monoisotopic (exact) mass is 327 g/mol. The van der Waals surface area contributed by atoms with E-state index in [4.69, 9.17) is 0 Å². The van der Waals surface area contributed by atoms with Gasteiger partial charge in [0.15, 0.2) is 0 Å². The van der Waals surface area contributed by atoms with Crippen molar-refractivity contribution < 1.29 is 4.79 Å². The number of carbonyl (C=O) groups is 1. The van der Waals surface area contributed by atoms with E-state index in [1.165, 1.54) is 0 Å². The topological polar surface area (TPSA) is 53.4 Å². The predicted molar refractivity (Wildman–Crippen MR) is 93.9 cm³/mol. The molecule has 0 bridgehead atoms. The van der Waals surface area contributed by atoms with Crippen LogP contribution in [0.3, 0.4) is 0 Å². The molecular weight excluding hydrogens is 302 g/mol. The van der Waals surface area contributed by atoms with E-state index in [2.05, 4.69) is 15.2 Å². The number of carbonyl (C=O) groups excluding carboxylic acids is 1. The normalized spacial score (nSPS) is 22.4. The number of nitrogens with zero attached hydrogens (tertiary/aromatic N) is 4. The van der Waals surface area contributed by atoms with E-state index in [0.717, 1.165) is 62.5 Å². The summed E-state index contributed by atoms with van der Waals surface area (Å²) in [5.74, 6) is 1.11. The highest BCUT2D eigenvalue weighted by molar-refractivity contribution is 5.81. The smallest absolute Gasteiger partial charge is 0.242 e. The largest absolute Gasteiger partial charge is 0.340 e. The van der Waals surface area contributed by atoms with E-state index >= 15 is 0 Å². The van der Waals surface area contributed by atoms with Crippen LogP contribution in [-0.2, 0) is 11.3 Å². The molecule has 4 rings (SSSR count). The summed E-state index contributed by atoms with van der Waals surface area (Å²) in [6.45, 7) is 8.41. The summed E-state index contributed by atoms with van der Waals surface area (Å²) >= 11 is 0. The van der Waals surface area contributed by atoms with Crippen molar-refractivity contribution in [1.82, 2.24) is 24.7 Å². The Balaban J connectivity index is 1.44.